The van der Waals surface area contributed by atoms with Crippen LogP contribution in [0.3, 0.4) is 0 Å². The minimum atomic E-state index is -0.410. The minimum Gasteiger partial charge on any atom is -0.492 e. The van der Waals surface area contributed by atoms with E-state index < -0.39 is 5.82 Å². The summed E-state index contributed by atoms with van der Waals surface area (Å²) in [6.07, 6.45) is 4.87. The van der Waals surface area contributed by atoms with Crippen LogP contribution in [0.1, 0.15) is 32.6 Å². The molecule has 0 bridgehead atoms. The van der Waals surface area contributed by atoms with Crippen LogP contribution in [-0.2, 0) is 0 Å². The van der Waals surface area contributed by atoms with Crippen LogP contribution in [0.25, 0.3) is 11.1 Å². The van der Waals surface area contributed by atoms with Crippen LogP contribution in [0.4, 0.5) is 4.39 Å². The molecule has 1 saturated carbocycles. The summed E-state index contributed by atoms with van der Waals surface area (Å²) in [6.45, 7) is 2.92. The molecule has 1 nitrogen and oxygen atoms in total. The van der Waals surface area contributed by atoms with Crippen molar-refractivity contribution >= 4 is 11.6 Å². The Morgan fingerprint density at radius 2 is 1.74 bits per heavy atom. The van der Waals surface area contributed by atoms with Crippen LogP contribution in [0.2, 0.25) is 5.02 Å². The minimum absolute atomic E-state index is 0.0792. The molecule has 2 aromatic carbocycles. The van der Waals surface area contributed by atoms with Gasteiger partial charge < -0.3 is 4.74 Å². The quantitative estimate of drug-likeness (QED) is 0.633. The summed E-state index contributed by atoms with van der Waals surface area (Å²) < 4.78 is 20.4. The number of rotatable bonds is 4. The summed E-state index contributed by atoms with van der Waals surface area (Å²) in [7, 11) is 0. The lowest BCUT2D eigenvalue weighted by Gasteiger charge is -2.26. The lowest BCUT2D eigenvalue weighted by molar-refractivity contribution is 0.188. The zero-order valence-electron chi connectivity index (χ0n) is 13.4. The van der Waals surface area contributed by atoms with Crippen molar-refractivity contribution in [3.63, 3.8) is 0 Å². The molecule has 0 saturated heterocycles. The van der Waals surface area contributed by atoms with E-state index >= 15 is 0 Å². The van der Waals surface area contributed by atoms with Crippen molar-refractivity contribution in [1.82, 2.24) is 0 Å². The van der Waals surface area contributed by atoms with E-state index in [1.165, 1.54) is 25.7 Å². The first-order valence-corrected chi connectivity index (χ1v) is 8.69. The Hall–Kier alpha value is -1.54. The Morgan fingerprint density at radius 1 is 1.04 bits per heavy atom. The molecular weight excluding hydrogens is 311 g/mol. The number of halogens is 2. The Kier molecular flexibility index (Phi) is 5.22. The molecule has 3 heteroatoms. The summed E-state index contributed by atoms with van der Waals surface area (Å²) in [4.78, 5) is 0. The van der Waals surface area contributed by atoms with Crippen molar-refractivity contribution in [3.05, 3.63) is 53.3 Å². The topological polar surface area (TPSA) is 9.23 Å². The maximum Gasteiger partial charge on any atom is 0.153 e. The van der Waals surface area contributed by atoms with Gasteiger partial charge in [-0.25, -0.2) is 4.39 Å². The van der Waals surface area contributed by atoms with E-state index in [-0.39, 0.29) is 5.02 Å². The third-order valence-corrected chi connectivity index (χ3v) is 5.09. The summed E-state index contributed by atoms with van der Waals surface area (Å²) in [6, 6.07) is 12.9. The van der Waals surface area contributed by atoms with Gasteiger partial charge in [-0.05, 0) is 42.4 Å². The number of hydrogen-bond acceptors (Lipinski definition) is 1. The fourth-order valence-corrected chi connectivity index (χ4v) is 3.41. The summed E-state index contributed by atoms with van der Waals surface area (Å²) in [5.74, 6) is 1.41. The van der Waals surface area contributed by atoms with E-state index in [4.69, 9.17) is 16.3 Å². The molecule has 3 rings (SSSR count). The molecule has 1 aliphatic carbocycles. The van der Waals surface area contributed by atoms with Crippen molar-refractivity contribution < 1.29 is 9.13 Å². The highest BCUT2D eigenvalue weighted by Crippen LogP contribution is 2.35. The second-order valence-corrected chi connectivity index (χ2v) is 6.92. The first kappa shape index (κ1) is 16.3. The van der Waals surface area contributed by atoms with E-state index in [0.717, 1.165) is 11.5 Å². The van der Waals surface area contributed by atoms with Gasteiger partial charge in [0.25, 0.3) is 0 Å². The third-order valence-electron chi connectivity index (χ3n) is 4.74. The molecule has 1 fully saturated rings. The zero-order chi connectivity index (χ0) is 16.2. The molecule has 1 aliphatic rings. The maximum absolute atomic E-state index is 14.6. The number of ether oxygens (including phenoxy) is 1. The largest absolute Gasteiger partial charge is 0.492 e. The van der Waals surface area contributed by atoms with Crippen LogP contribution in [-0.4, -0.2) is 6.61 Å². The predicted molar refractivity (Wildman–Crippen MR) is 93.5 cm³/mol. The van der Waals surface area contributed by atoms with Crippen molar-refractivity contribution in [2.75, 3.05) is 6.61 Å². The maximum atomic E-state index is 14.6. The summed E-state index contributed by atoms with van der Waals surface area (Å²) in [5.41, 5.74) is 1.33. The van der Waals surface area contributed by atoms with Crippen LogP contribution in [0, 0.1) is 17.7 Å². The number of hydrogen-bond donors (Lipinski definition) is 0. The predicted octanol–water partition coefficient (Wildman–Crippen LogP) is 6.35. The fourth-order valence-electron chi connectivity index (χ4n) is 3.19. The number of benzene rings is 2. The van der Waals surface area contributed by atoms with Crippen LogP contribution >= 0.6 is 11.6 Å². The first-order chi connectivity index (χ1) is 11.1. The molecule has 23 heavy (non-hydrogen) atoms. The summed E-state index contributed by atoms with van der Waals surface area (Å²) >= 11 is 6.19. The Bertz CT molecular complexity index is 648. The average Bonchev–Trinajstić information content (AvgIpc) is 2.58. The SMILES string of the molecule is CC1CCC(COc2ccc(-c3ccccc3)c(F)c2Cl)CC1. The Labute approximate surface area is 142 Å². The normalized spacial score (nSPS) is 21.2. The van der Waals surface area contributed by atoms with Gasteiger partial charge in [0.15, 0.2) is 5.82 Å². The standard InChI is InChI=1S/C20H22ClFO/c1-14-7-9-15(10-8-14)13-23-18-12-11-17(20(22)19(18)21)16-5-3-2-4-6-16/h2-6,11-12,14-15H,7-10,13H2,1H3. The average molecular weight is 333 g/mol. The van der Waals surface area contributed by atoms with E-state index in [1.807, 2.05) is 30.3 Å². The molecule has 0 radical (unpaired) electrons. The Balaban J connectivity index is 1.70. The smallest absolute Gasteiger partial charge is 0.153 e. The van der Waals surface area contributed by atoms with Gasteiger partial charge in [-0.15, -0.1) is 0 Å². The van der Waals surface area contributed by atoms with Crippen LogP contribution < -0.4 is 4.74 Å². The summed E-state index contributed by atoms with van der Waals surface area (Å²) in [5, 5.41) is 0.0792. The van der Waals surface area contributed by atoms with E-state index in [9.17, 15) is 4.39 Å². The molecule has 0 heterocycles. The monoisotopic (exact) mass is 332 g/mol. The molecular formula is C20H22ClFO. The second kappa shape index (κ2) is 7.35. The van der Waals surface area contributed by atoms with Crippen molar-refractivity contribution in [2.45, 2.75) is 32.6 Å². The van der Waals surface area contributed by atoms with Crippen molar-refractivity contribution in [2.24, 2.45) is 11.8 Å². The van der Waals surface area contributed by atoms with Crippen LogP contribution in [0.5, 0.6) is 5.75 Å². The van der Waals surface area contributed by atoms with Crippen molar-refractivity contribution in [3.8, 4) is 16.9 Å². The fraction of sp³-hybridized carbons (Fsp3) is 0.400. The molecule has 0 unspecified atom stereocenters. The highest BCUT2D eigenvalue weighted by molar-refractivity contribution is 6.32. The van der Waals surface area contributed by atoms with Gasteiger partial charge in [0.05, 0.1) is 6.61 Å². The van der Waals surface area contributed by atoms with Crippen LogP contribution in [0.15, 0.2) is 42.5 Å². The van der Waals surface area contributed by atoms with E-state index in [2.05, 4.69) is 6.92 Å². The highest BCUT2D eigenvalue weighted by atomic mass is 35.5. The van der Waals surface area contributed by atoms with Gasteiger partial charge in [-0.3, -0.25) is 0 Å². The van der Waals surface area contributed by atoms with Gasteiger partial charge in [-0.2, -0.15) is 0 Å². The van der Waals surface area contributed by atoms with Crippen molar-refractivity contribution in [1.29, 1.82) is 0 Å². The van der Waals surface area contributed by atoms with Gasteiger partial charge in [-0.1, -0.05) is 61.7 Å². The molecule has 0 amide bonds. The molecule has 0 N–H and O–H groups in total. The first-order valence-electron chi connectivity index (χ1n) is 8.31. The molecule has 0 aromatic heterocycles. The van der Waals surface area contributed by atoms with Gasteiger partial charge in [0, 0.05) is 5.56 Å². The molecule has 0 spiro atoms. The lowest BCUT2D eigenvalue weighted by Crippen LogP contribution is -2.18. The Morgan fingerprint density at radius 3 is 2.43 bits per heavy atom. The van der Waals surface area contributed by atoms with Gasteiger partial charge >= 0.3 is 0 Å². The molecule has 2 aromatic rings. The zero-order valence-corrected chi connectivity index (χ0v) is 14.2. The third kappa shape index (κ3) is 3.87. The molecule has 0 aliphatic heterocycles. The highest BCUT2D eigenvalue weighted by Gasteiger charge is 2.20. The molecule has 122 valence electrons. The second-order valence-electron chi connectivity index (χ2n) is 6.54. The van der Waals surface area contributed by atoms with E-state index in [1.54, 1.807) is 12.1 Å². The van der Waals surface area contributed by atoms with Gasteiger partial charge in [0.1, 0.15) is 10.8 Å². The van der Waals surface area contributed by atoms with E-state index in [0.29, 0.717) is 23.8 Å². The van der Waals surface area contributed by atoms with Gasteiger partial charge in [0.2, 0.25) is 0 Å². The lowest BCUT2D eigenvalue weighted by atomic mass is 9.83. The molecule has 0 atom stereocenters.